The normalized spacial score (nSPS) is 10.6. The minimum absolute atomic E-state index is 0.0851. The summed E-state index contributed by atoms with van der Waals surface area (Å²) in [5.74, 6) is 0.224. The third-order valence-electron chi connectivity index (χ3n) is 2.67. The maximum atomic E-state index is 10.9. The monoisotopic (exact) mass is 272 g/mol. The molecule has 0 radical (unpaired) electrons. The van der Waals surface area contributed by atoms with Crippen LogP contribution in [-0.2, 0) is 11.2 Å². The quantitative estimate of drug-likeness (QED) is 0.895. The molecular weight excluding hydrogens is 256 g/mol. The summed E-state index contributed by atoms with van der Waals surface area (Å²) in [6, 6.07) is 1.59. The van der Waals surface area contributed by atoms with Gasteiger partial charge in [0.25, 0.3) is 0 Å². The smallest absolute Gasteiger partial charge is 0.307 e. The molecule has 1 aromatic carbocycles. The molecule has 4 nitrogen and oxygen atoms in total. The number of benzene rings is 1. The van der Waals surface area contributed by atoms with E-state index in [4.69, 9.17) is 26.2 Å². The zero-order valence-electron chi connectivity index (χ0n) is 10.9. The standard InChI is InChI=1S/C13H17ClO4/c1-7(2)12-8(5-11(15)16)9(14)6-10(17-3)13(12)18-4/h6-7H,5H2,1-4H3,(H,15,16). The third-order valence-corrected chi connectivity index (χ3v) is 3.01. The van der Waals surface area contributed by atoms with Gasteiger partial charge in [0.2, 0.25) is 0 Å². The van der Waals surface area contributed by atoms with Crippen molar-refractivity contribution in [2.45, 2.75) is 26.2 Å². The molecule has 100 valence electrons. The van der Waals surface area contributed by atoms with E-state index in [1.165, 1.54) is 14.2 Å². The predicted octanol–water partition coefficient (Wildman–Crippen LogP) is 3.11. The second kappa shape index (κ2) is 5.96. The fourth-order valence-corrected chi connectivity index (χ4v) is 2.24. The molecule has 0 aliphatic rings. The molecule has 0 fully saturated rings. The molecular formula is C13H17ClO4. The van der Waals surface area contributed by atoms with E-state index in [2.05, 4.69) is 0 Å². The van der Waals surface area contributed by atoms with Gasteiger partial charge in [-0.2, -0.15) is 0 Å². The summed E-state index contributed by atoms with van der Waals surface area (Å²) >= 11 is 6.13. The number of hydrogen-bond donors (Lipinski definition) is 1. The van der Waals surface area contributed by atoms with Crippen LogP contribution < -0.4 is 9.47 Å². The van der Waals surface area contributed by atoms with Crippen LogP contribution in [0.5, 0.6) is 11.5 Å². The Hall–Kier alpha value is -1.42. The molecule has 0 heterocycles. The van der Waals surface area contributed by atoms with Crippen molar-refractivity contribution in [3.05, 3.63) is 22.2 Å². The Kier molecular flexibility index (Phi) is 4.84. The summed E-state index contributed by atoms with van der Waals surface area (Å²) in [6.45, 7) is 3.91. The Balaban J connectivity index is 3.53. The highest BCUT2D eigenvalue weighted by Crippen LogP contribution is 2.42. The lowest BCUT2D eigenvalue weighted by atomic mass is 9.93. The minimum atomic E-state index is -0.925. The number of carboxylic acid groups (broad SMARTS) is 1. The molecule has 0 atom stereocenters. The van der Waals surface area contributed by atoms with E-state index in [0.717, 1.165) is 5.56 Å². The molecule has 0 aliphatic heterocycles. The zero-order chi connectivity index (χ0) is 13.9. The molecule has 18 heavy (non-hydrogen) atoms. The van der Waals surface area contributed by atoms with E-state index in [1.807, 2.05) is 13.8 Å². The van der Waals surface area contributed by atoms with Gasteiger partial charge >= 0.3 is 5.97 Å². The SMILES string of the molecule is COc1cc(Cl)c(CC(=O)O)c(C(C)C)c1OC. The Morgan fingerprint density at radius 2 is 2.00 bits per heavy atom. The highest BCUT2D eigenvalue weighted by atomic mass is 35.5. The lowest BCUT2D eigenvalue weighted by molar-refractivity contribution is -0.136. The lowest BCUT2D eigenvalue weighted by Gasteiger charge is -2.20. The van der Waals surface area contributed by atoms with Gasteiger partial charge in [0.15, 0.2) is 11.5 Å². The summed E-state index contributed by atoms with van der Waals surface area (Å²) in [5, 5.41) is 9.34. The Morgan fingerprint density at radius 1 is 1.39 bits per heavy atom. The molecule has 5 heteroatoms. The number of halogens is 1. The predicted molar refractivity (Wildman–Crippen MR) is 70.0 cm³/mol. The first-order valence-electron chi connectivity index (χ1n) is 5.57. The maximum absolute atomic E-state index is 10.9. The molecule has 0 aliphatic carbocycles. The van der Waals surface area contributed by atoms with Crippen molar-refractivity contribution in [3.63, 3.8) is 0 Å². The highest BCUT2D eigenvalue weighted by Gasteiger charge is 2.22. The van der Waals surface area contributed by atoms with Gasteiger partial charge in [-0.05, 0) is 11.5 Å². The number of aliphatic carboxylic acids is 1. The van der Waals surface area contributed by atoms with Crippen molar-refractivity contribution < 1.29 is 19.4 Å². The fraction of sp³-hybridized carbons (Fsp3) is 0.462. The van der Waals surface area contributed by atoms with Crippen molar-refractivity contribution in [3.8, 4) is 11.5 Å². The largest absolute Gasteiger partial charge is 0.493 e. The average Bonchev–Trinajstić information content (AvgIpc) is 2.29. The van der Waals surface area contributed by atoms with Gasteiger partial charge in [-0.3, -0.25) is 4.79 Å². The molecule has 0 unspecified atom stereocenters. The number of methoxy groups -OCH3 is 2. The summed E-state index contributed by atoms with van der Waals surface area (Å²) in [5.41, 5.74) is 1.36. The van der Waals surface area contributed by atoms with Gasteiger partial charge < -0.3 is 14.6 Å². The molecule has 0 saturated carbocycles. The van der Waals surface area contributed by atoms with Crippen LogP contribution in [0.4, 0.5) is 0 Å². The van der Waals surface area contributed by atoms with Crippen LogP contribution in [0, 0.1) is 0 Å². The average molecular weight is 273 g/mol. The van der Waals surface area contributed by atoms with Crippen LogP contribution in [0.2, 0.25) is 5.02 Å². The molecule has 1 rings (SSSR count). The first-order valence-corrected chi connectivity index (χ1v) is 5.95. The van der Waals surface area contributed by atoms with Crippen LogP contribution in [0.1, 0.15) is 30.9 Å². The second-order valence-corrected chi connectivity index (χ2v) is 4.62. The van der Waals surface area contributed by atoms with Crippen molar-refractivity contribution in [2.24, 2.45) is 0 Å². The maximum Gasteiger partial charge on any atom is 0.307 e. The minimum Gasteiger partial charge on any atom is -0.493 e. The molecule has 0 saturated heterocycles. The fourth-order valence-electron chi connectivity index (χ4n) is 1.97. The highest BCUT2D eigenvalue weighted by molar-refractivity contribution is 6.32. The van der Waals surface area contributed by atoms with Crippen LogP contribution in [0.15, 0.2) is 6.07 Å². The third kappa shape index (κ3) is 2.88. The Morgan fingerprint density at radius 3 is 2.39 bits per heavy atom. The van der Waals surface area contributed by atoms with Crippen molar-refractivity contribution in [1.29, 1.82) is 0 Å². The van der Waals surface area contributed by atoms with Gasteiger partial charge in [-0.1, -0.05) is 25.4 Å². The topological polar surface area (TPSA) is 55.8 Å². The zero-order valence-corrected chi connectivity index (χ0v) is 11.7. The van der Waals surface area contributed by atoms with E-state index in [0.29, 0.717) is 22.1 Å². The number of ether oxygens (including phenoxy) is 2. The summed E-state index contributed by atoms with van der Waals surface area (Å²) in [7, 11) is 3.05. The van der Waals surface area contributed by atoms with Crippen LogP contribution in [0.25, 0.3) is 0 Å². The first kappa shape index (κ1) is 14.6. The molecule has 0 aromatic heterocycles. The second-order valence-electron chi connectivity index (χ2n) is 4.21. The number of carbonyl (C=O) groups is 1. The molecule has 1 N–H and O–H groups in total. The first-order chi connectivity index (χ1) is 8.42. The van der Waals surface area contributed by atoms with Crippen molar-refractivity contribution in [2.75, 3.05) is 14.2 Å². The Labute approximate surface area is 111 Å². The molecule has 0 bridgehead atoms. The summed E-state index contributed by atoms with van der Waals surface area (Å²) < 4.78 is 10.5. The summed E-state index contributed by atoms with van der Waals surface area (Å²) in [4.78, 5) is 10.9. The molecule has 1 aromatic rings. The Bertz CT molecular complexity index is 455. The van der Waals surface area contributed by atoms with Crippen LogP contribution in [0.3, 0.4) is 0 Å². The van der Waals surface area contributed by atoms with Crippen LogP contribution in [-0.4, -0.2) is 25.3 Å². The number of hydrogen-bond acceptors (Lipinski definition) is 3. The van der Waals surface area contributed by atoms with E-state index < -0.39 is 5.97 Å². The molecule has 0 amide bonds. The van der Waals surface area contributed by atoms with Gasteiger partial charge in [-0.25, -0.2) is 0 Å². The van der Waals surface area contributed by atoms with Gasteiger partial charge in [-0.15, -0.1) is 0 Å². The van der Waals surface area contributed by atoms with Crippen molar-refractivity contribution >= 4 is 17.6 Å². The van der Waals surface area contributed by atoms with E-state index >= 15 is 0 Å². The lowest BCUT2D eigenvalue weighted by Crippen LogP contribution is -2.08. The summed E-state index contributed by atoms with van der Waals surface area (Å²) in [6.07, 6.45) is -0.132. The number of rotatable bonds is 5. The van der Waals surface area contributed by atoms with E-state index in [-0.39, 0.29) is 12.3 Å². The molecule has 0 spiro atoms. The van der Waals surface area contributed by atoms with Gasteiger partial charge in [0.1, 0.15) is 0 Å². The van der Waals surface area contributed by atoms with Crippen LogP contribution >= 0.6 is 11.6 Å². The van der Waals surface area contributed by atoms with E-state index in [1.54, 1.807) is 6.07 Å². The van der Waals surface area contributed by atoms with Gasteiger partial charge in [0, 0.05) is 16.7 Å². The number of carboxylic acids is 1. The van der Waals surface area contributed by atoms with Gasteiger partial charge in [0.05, 0.1) is 20.6 Å². The van der Waals surface area contributed by atoms with Crippen molar-refractivity contribution in [1.82, 2.24) is 0 Å². The van der Waals surface area contributed by atoms with E-state index in [9.17, 15) is 4.79 Å².